The predicted octanol–water partition coefficient (Wildman–Crippen LogP) is 6.69. The fourth-order valence-electron chi connectivity index (χ4n) is 5.44. The first-order valence-corrected chi connectivity index (χ1v) is 14.0. The van der Waals surface area contributed by atoms with Crippen LogP contribution in [0.1, 0.15) is 81.9 Å². The van der Waals surface area contributed by atoms with E-state index in [1.54, 1.807) is 18.3 Å². The maximum atomic E-state index is 15.9. The predicted molar refractivity (Wildman–Crippen MR) is 148 cm³/mol. The third-order valence-electron chi connectivity index (χ3n) is 7.70. The van der Waals surface area contributed by atoms with Crippen LogP contribution in [-0.2, 0) is 23.3 Å². The molecule has 2 aromatic heterocycles. The number of rotatable bonds is 8. The highest BCUT2D eigenvalue weighted by Crippen LogP contribution is 2.37. The van der Waals surface area contributed by atoms with E-state index in [0.717, 1.165) is 18.7 Å². The summed E-state index contributed by atoms with van der Waals surface area (Å²) in [5.74, 6) is 0.551. The minimum absolute atomic E-state index is 0.0112. The first-order chi connectivity index (χ1) is 19.1. The maximum Gasteiger partial charge on any atom is 0.141 e. The number of hydrogen-bond acceptors (Lipinski definition) is 5. The van der Waals surface area contributed by atoms with Crippen LogP contribution in [0.5, 0.6) is 5.75 Å². The molecule has 1 fully saturated rings. The van der Waals surface area contributed by atoms with Crippen LogP contribution in [0.15, 0.2) is 42.7 Å². The highest BCUT2D eigenvalue weighted by molar-refractivity contribution is 5.61. The van der Waals surface area contributed by atoms with Gasteiger partial charge in [-0.25, -0.2) is 13.8 Å². The van der Waals surface area contributed by atoms with Gasteiger partial charge in [-0.15, -0.1) is 0 Å². The van der Waals surface area contributed by atoms with Crippen molar-refractivity contribution in [3.05, 3.63) is 77.0 Å². The standard InChI is InChI=1S/C31H35F2N5O2/c1-18(2)28-25(32)14-21(15-27(28)40-22-9-10-22)38-34-16-20(36-38)13-19(3)23-7-6-8-24(29(23)33)26-17-37-11-12-39-31(4,5)30(37)35-26/h6-8,14-19,22H,9-13H2,1-5H3. The van der Waals surface area contributed by atoms with E-state index < -0.39 is 5.60 Å². The van der Waals surface area contributed by atoms with Gasteiger partial charge in [-0.1, -0.05) is 32.9 Å². The molecule has 1 unspecified atom stereocenters. The molecule has 3 heterocycles. The first kappa shape index (κ1) is 26.6. The molecule has 9 heteroatoms. The van der Waals surface area contributed by atoms with Gasteiger partial charge in [0, 0.05) is 36.0 Å². The molecule has 0 saturated heterocycles. The van der Waals surface area contributed by atoms with Gasteiger partial charge in [0.25, 0.3) is 0 Å². The summed E-state index contributed by atoms with van der Waals surface area (Å²) in [4.78, 5) is 6.16. The van der Waals surface area contributed by atoms with Crippen molar-refractivity contribution in [2.24, 2.45) is 0 Å². The summed E-state index contributed by atoms with van der Waals surface area (Å²) in [6.07, 6.45) is 6.14. The average molecular weight is 548 g/mol. The van der Waals surface area contributed by atoms with Crippen LogP contribution in [0.3, 0.4) is 0 Å². The molecule has 7 nitrogen and oxygen atoms in total. The van der Waals surface area contributed by atoms with E-state index in [2.05, 4.69) is 10.2 Å². The summed E-state index contributed by atoms with van der Waals surface area (Å²) in [5, 5.41) is 8.99. The molecule has 0 N–H and O–H groups in total. The Morgan fingerprint density at radius 1 is 1.15 bits per heavy atom. The van der Waals surface area contributed by atoms with Crippen LogP contribution in [0.2, 0.25) is 0 Å². The fraction of sp³-hybridized carbons (Fsp3) is 0.452. The molecule has 0 bridgehead atoms. The molecule has 210 valence electrons. The zero-order valence-corrected chi connectivity index (χ0v) is 23.6. The molecular weight excluding hydrogens is 512 g/mol. The molecule has 0 amide bonds. The van der Waals surface area contributed by atoms with Crippen molar-refractivity contribution in [3.63, 3.8) is 0 Å². The van der Waals surface area contributed by atoms with E-state index in [0.29, 0.717) is 59.1 Å². The summed E-state index contributed by atoms with van der Waals surface area (Å²) in [5.41, 5.74) is 2.89. The van der Waals surface area contributed by atoms with Crippen molar-refractivity contribution < 1.29 is 18.3 Å². The molecule has 0 spiro atoms. The van der Waals surface area contributed by atoms with Gasteiger partial charge in [-0.2, -0.15) is 15.0 Å². The number of aromatic nitrogens is 5. The van der Waals surface area contributed by atoms with Gasteiger partial charge in [-0.3, -0.25) is 0 Å². The van der Waals surface area contributed by atoms with Gasteiger partial charge in [0.1, 0.15) is 28.8 Å². The average Bonchev–Trinajstić information content (AvgIpc) is 3.39. The molecule has 1 aliphatic heterocycles. The third-order valence-corrected chi connectivity index (χ3v) is 7.70. The van der Waals surface area contributed by atoms with Gasteiger partial charge in [-0.05, 0) is 56.6 Å². The Hall–Kier alpha value is -3.59. The van der Waals surface area contributed by atoms with Gasteiger partial charge in [0.15, 0.2) is 0 Å². The van der Waals surface area contributed by atoms with Crippen molar-refractivity contribution in [2.45, 2.75) is 84.0 Å². The summed E-state index contributed by atoms with van der Waals surface area (Å²) >= 11 is 0. The Morgan fingerprint density at radius 2 is 1.95 bits per heavy atom. The lowest BCUT2D eigenvalue weighted by atomic mass is 9.93. The lowest BCUT2D eigenvalue weighted by Gasteiger charge is -2.30. The molecule has 0 radical (unpaired) electrons. The number of ether oxygens (including phenoxy) is 2. The second-order valence-corrected chi connectivity index (χ2v) is 11.8. The van der Waals surface area contributed by atoms with Crippen LogP contribution < -0.4 is 4.74 Å². The smallest absolute Gasteiger partial charge is 0.141 e. The highest BCUT2D eigenvalue weighted by Gasteiger charge is 2.32. The van der Waals surface area contributed by atoms with E-state index in [1.807, 2.05) is 57.5 Å². The highest BCUT2D eigenvalue weighted by atomic mass is 19.1. The Morgan fingerprint density at radius 3 is 2.67 bits per heavy atom. The van der Waals surface area contributed by atoms with E-state index >= 15 is 8.78 Å². The Kier molecular flexibility index (Phi) is 6.73. The van der Waals surface area contributed by atoms with Crippen LogP contribution in [0, 0.1) is 11.6 Å². The summed E-state index contributed by atoms with van der Waals surface area (Å²) in [6.45, 7) is 11.1. The molecule has 1 aliphatic carbocycles. The second kappa shape index (κ2) is 10.1. The molecule has 1 saturated carbocycles. The van der Waals surface area contributed by atoms with E-state index in [9.17, 15) is 0 Å². The minimum atomic E-state index is -0.521. The van der Waals surface area contributed by atoms with Crippen molar-refractivity contribution in [2.75, 3.05) is 6.61 Å². The zero-order valence-electron chi connectivity index (χ0n) is 23.6. The second-order valence-electron chi connectivity index (χ2n) is 11.8. The Balaban J connectivity index is 1.24. The minimum Gasteiger partial charge on any atom is -0.490 e. The van der Waals surface area contributed by atoms with Crippen LogP contribution in [0.25, 0.3) is 16.9 Å². The normalized spacial score (nSPS) is 17.2. The van der Waals surface area contributed by atoms with Crippen LogP contribution in [-0.4, -0.2) is 37.3 Å². The fourth-order valence-corrected chi connectivity index (χ4v) is 5.44. The van der Waals surface area contributed by atoms with E-state index in [4.69, 9.17) is 14.5 Å². The van der Waals surface area contributed by atoms with Crippen molar-refractivity contribution >= 4 is 0 Å². The number of hydrogen-bond donors (Lipinski definition) is 0. The third kappa shape index (κ3) is 5.03. The lowest BCUT2D eigenvalue weighted by molar-refractivity contribution is -0.0538. The number of benzene rings is 2. The van der Waals surface area contributed by atoms with Crippen LogP contribution >= 0.6 is 0 Å². The topological polar surface area (TPSA) is 67.0 Å². The molecule has 4 aromatic rings. The maximum absolute atomic E-state index is 15.9. The van der Waals surface area contributed by atoms with Crippen molar-refractivity contribution in [1.29, 1.82) is 0 Å². The molecule has 2 aliphatic rings. The van der Waals surface area contributed by atoms with E-state index in [-0.39, 0.29) is 29.6 Å². The van der Waals surface area contributed by atoms with Gasteiger partial charge < -0.3 is 14.0 Å². The summed E-state index contributed by atoms with van der Waals surface area (Å²) < 4.78 is 44.9. The summed E-state index contributed by atoms with van der Waals surface area (Å²) in [7, 11) is 0. The quantitative estimate of drug-likeness (QED) is 0.246. The number of imidazole rings is 1. The number of fused-ring (bicyclic) bond motifs is 1. The van der Waals surface area contributed by atoms with E-state index in [1.165, 1.54) is 10.9 Å². The van der Waals surface area contributed by atoms with Gasteiger partial charge >= 0.3 is 0 Å². The van der Waals surface area contributed by atoms with Crippen molar-refractivity contribution in [3.8, 4) is 22.7 Å². The molecule has 2 aromatic carbocycles. The van der Waals surface area contributed by atoms with Gasteiger partial charge in [0.2, 0.25) is 0 Å². The largest absolute Gasteiger partial charge is 0.490 e. The Labute approximate surface area is 233 Å². The molecule has 1 atom stereocenters. The SMILES string of the molecule is CC(C)c1c(F)cc(-n2ncc(CC(C)c3cccc(-c4cn5c(n4)C(C)(C)OCC5)c3F)n2)cc1OC1CC1. The summed E-state index contributed by atoms with van der Waals surface area (Å²) in [6, 6.07) is 8.69. The number of halogens is 2. The lowest BCUT2D eigenvalue weighted by Crippen LogP contribution is -2.33. The first-order valence-electron chi connectivity index (χ1n) is 14.0. The monoisotopic (exact) mass is 547 g/mol. The number of nitrogens with zero attached hydrogens (tertiary/aromatic N) is 5. The zero-order chi connectivity index (χ0) is 28.2. The van der Waals surface area contributed by atoms with Crippen molar-refractivity contribution in [1.82, 2.24) is 24.5 Å². The molecular formula is C31H35F2N5O2. The Bertz CT molecular complexity index is 1550. The molecule has 6 rings (SSSR count). The van der Waals surface area contributed by atoms with Gasteiger partial charge in [0.05, 0.1) is 36.0 Å². The van der Waals surface area contributed by atoms with Crippen LogP contribution in [0.4, 0.5) is 8.78 Å². The molecule has 40 heavy (non-hydrogen) atoms.